The zero-order chi connectivity index (χ0) is 14.0. The molecule has 1 heterocycles. The minimum atomic E-state index is -1.17. The smallest absolute Gasteiger partial charge is 0.222 e. The monoisotopic (exact) mass is 266 g/mol. The van der Waals surface area contributed by atoms with Crippen LogP contribution in [0.1, 0.15) is 18.7 Å². The third-order valence-electron chi connectivity index (χ3n) is 2.78. The van der Waals surface area contributed by atoms with Crippen molar-refractivity contribution in [3.05, 3.63) is 23.8 Å². The molecule has 0 aliphatic rings. The molecule has 0 saturated heterocycles. The fourth-order valence-electron chi connectivity index (χ4n) is 1.85. The molecular weight excluding hydrogens is 251 g/mol. The molecule has 1 aromatic heterocycles. The molecule has 2 N–H and O–H groups in total. The number of alkyl halides is 1. The van der Waals surface area contributed by atoms with Crippen LogP contribution in [-0.4, -0.2) is 19.4 Å². The van der Waals surface area contributed by atoms with Crippen molar-refractivity contribution in [2.75, 3.05) is 20.0 Å². The number of nitrogen functional groups attached to an aromatic ring is 1. The Morgan fingerprint density at radius 1 is 1.21 bits per heavy atom. The molecule has 5 nitrogen and oxygen atoms in total. The van der Waals surface area contributed by atoms with Crippen molar-refractivity contribution >= 4 is 5.88 Å². The summed E-state index contributed by atoms with van der Waals surface area (Å²) in [6.45, 7) is 1.44. The maximum absolute atomic E-state index is 13.5. The molecule has 0 bridgehead atoms. The lowest BCUT2D eigenvalue weighted by molar-refractivity contribution is 0.343. The molecule has 0 amide bonds. The number of hydrogen-bond donors (Lipinski definition) is 1. The van der Waals surface area contributed by atoms with Crippen molar-refractivity contribution in [2.45, 2.75) is 13.1 Å². The molecular formula is C13H15FN2O3. The van der Waals surface area contributed by atoms with E-state index in [0.717, 1.165) is 0 Å². The van der Waals surface area contributed by atoms with Gasteiger partial charge in [0.1, 0.15) is 23.4 Å². The van der Waals surface area contributed by atoms with Crippen molar-refractivity contribution < 1.29 is 18.4 Å². The molecule has 19 heavy (non-hydrogen) atoms. The topological polar surface area (TPSA) is 70.5 Å². The van der Waals surface area contributed by atoms with Crippen LogP contribution in [-0.2, 0) is 0 Å². The number of methoxy groups -OCH3 is 2. The lowest BCUT2D eigenvalue weighted by Crippen LogP contribution is -1.97. The number of benzene rings is 1. The lowest BCUT2D eigenvalue weighted by Gasteiger charge is -2.14. The van der Waals surface area contributed by atoms with Crippen LogP contribution < -0.4 is 15.2 Å². The van der Waals surface area contributed by atoms with Crippen molar-refractivity contribution in [1.82, 2.24) is 5.16 Å². The highest BCUT2D eigenvalue weighted by Gasteiger charge is 2.18. The van der Waals surface area contributed by atoms with Gasteiger partial charge in [-0.3, -0.25) is 0 Å². The summed E-state index contributed by atoms with van der Waals surface area (Å²) in [7, 11) is 2.98. The van der Waals surface area contributed by atoms with E-state index in [2.05, 4.69) is 5.16 Å². The summed E-state index contributed by atoms with van der Waals surface area (Å²) < 4.78 is 28.8. The first kappa shape index (κ1) is 13.2. The number of ether oxygens (including phenoxy) is 2. The second-order valence-corrected chi connectivity index (χ2v) is 4.02. The van der Waals surface area contributed by atoms with Crippen molar-refractivity contribution in [3.8, 4) is 22.8 Å². The fourth-order valence-corrected chi connectivity index (χ4v) is 1.85. The lowest BCUT2D eigenvalue weighted by atomic mass is 10.0. The third kappa shape index (κ3) is 2.47. The normalized spacial score (nSPS) is 12.2. The Morgan fingerprint density at radius 3 is 2.37 bits per heavy atom. The minimum absolute atomic E-state index is 0.193. The summed E-state index contributed by atoms with van der Waals surface area (Å²) in [5, 5.41) is 3.82. The Morgan fingerprint density at radius 2 is 1.89 bits per heavy atom. The summed E-state index contributed by atoms with van der Waals surface area (Å²) in [6.07, 6.45) is -1.17. The van der Waals surface area contributed by atoms with Crippen LogP contribution in [0.15, 0.2) is 22.7 Å². The second kappa shape index (κ2) is 5.17. The van der Waals surface area contributed by atoms with E-state index in [1.54, 1.807) is 18.2 Å². The first-order valence-corrected chi connectivity index (χ1v) is 5.69. The largest absolute Gasteiger partial charge is 0.496 e. The number of nitrogens with two attached hydrogens (primary N) is 1. The second-order valence-electron chi connectivity index (χ2n) is 4.02. The van der Waals surface area contributed by atoms with Gasteiger partial charge in [-0.15, -0.1) is 0 Å². The first-order chi connectivity index (χ1) is 9.06. The summed E-state index contributed by atoms with van der Waals surface area (Å²) in [5.74, 6) is 1.10. The molecule has 0 fully saturated rings. The van der Waals surface area contributed by atoms with Crippen LogP contribution in [0.2, 0.25) is 0 Å². The average molecular weight is 266 g/mol. The van der Waals surface area contributed by atoms with Crippen LogP contribution in [0.3, 0.4) is 0 Å². The van der Waals surface area contributed by atoms with Gasteiger partial charge in [-0.05, 0) is 19.1 Å². The van der Waals surface area contributed by atoms with E-state index in [1.165, 1.54) is 21.1 Å². The third-order valence-corrected chi connectivity index (χ3v) is 2.78. The number of nitrogens with zero attached hydrogens (tertiary/aromatic N) is 1. The van der Waals surface area contributed by atoms with Crippen LogP contribution in [0.5, 0.6) is 11.5 Å². The van der Waals surface area contributed by atoms with E-state index in [9.17, 15) is 4.39 Å². The van der Waals surface area contributed by atoms with Crippen LogP contribution in [0.4, 0.5) is 10.3 Å². The molecule has 0 spiro atoms. The summed E-state index contributed by atoms with van der Waals surface area (Å²) in [4.78, 5) is 0. The van der Waals surface area contributed by atoms with E-state index in [4.69, 9.17) is 19.7 Å². The number of halogens is 1. The fraction of sp³-hybridized carbons (Fsp3) is 0.308. The predicted octanol–water partition coefficient (Wildman–Crippen LogP) is 2.97. The van der Waals surface area contributed by atoms with Gasteiger partial charge in [0.05, 0.1) is 14.2 Å². The zero-order valence-electron chi connectivity index (χ0n) is 10.9. The molecule has 102 valence electrons. The van der Waals surface area contributed by atoms with Gasteiger partial charge >= 0.3 is 0 Å². The highest BCUT2D eigenvalue weighted by molar-refractivity contribution is 5.71. The average Bonchev–Trinajstić information content (AvgIpc) is 2.83. The Hall–Kier alpha value is -2.24. The molecule has 1 aromatic carbocycles. The van der Waals surface area contributed by atoms with E-state index in [-0.39, 0.29) is 5.88 Å². The number of anilines is 1. The molecule has 2 aromatic rings. The Balaban J connectivity index is 2.60. The molecule has 6 heteroatoms. The van der Waals surface area contributed by atoms with Crippen molar-refractivity contribution in [1.29, 1.82) is 0 Å². The van der Waals surface area contributed by atoms with E-state index < -0.39 is 6.17 Å². The maximum atomic E-state index is 13.5. The Bertz CT molecular complexity index is 581. The number of rotatable bonds is 4. The molecule has 1 unspecified atom stereocenters. The standard InChI is InChI=1S/C13H15FN2O3/c1-7(14)8-4-12(18-3)9(5-11(8)17-2)10-6-13(15)19-16-10/h4-7H,15H2,1-3H3. The van der Waals surface area contributed by atoms with Gasteiger partial charge in [0, 0.05) is 17.2 Å². The summed E-state index contributed by atoms with van der Waals surface area (Å²) in [5.41, 5.74) is 7.05. The molecule has 0 radical (unpaired) electrons. The van der Waals surface area contributed by atoms with Gasteiger partial charge < -0.3 is 19.7 Å². The molecule has 0 aliphatic carbocycles. The minimum Gasteiger partial charge on any atom is -0.496 e. The van der Waals surface area contributed by atoms with Gasteiger partial charge in [0.15, 0.2) is 0 Å². The Kier molecular flexibility index (Phi) is 3.59. The zero-order valence-corrected chi connectivity index (χ0v) is 10.9. The van der Waals surface area contributed by atoms with Crippen molar-refractivity contribution in [3.63, 3.8) is 0 Å². The first-order valence-electron chi connectivity index (χ1n) is 5.69. The van der Waals surface area contributed by atoms with Crippen LogP contribution in [0.25, 0.3) is 11.3 Å². The molecule has 1 atom stereocenters. The quantitative estimate of drug-likeness (QED) is 0.921. The van der Waals surface area contributed by atoms with E-state index in [0.29, 0.717) is 28.3 Å². The van der Waals surface area contributed by atoms with Crippen LogP contribution in [0, 0.1) is 0 Å². The molecule has 0 aliphatic heterocycles. The number of aromatic nitrogens is 1. The highest BCUT2D eigenvalue weighted by atomic mass is 19.1. The van der Waals surface area contributed by atoms with Crippen molar-refractivity contribution in [2.24, 2.45) is 0 Å². The predicted molar refractivity (Wildman–Crippen MR) is 69.0 cm³/mol. The van der Waals surface area contributed by atoms with Gasteiger partial charge in [0.2, 0.25) is 5.88 Å². The van der Waals surface area contributed by atoms with Gasteiger partial charge in [-0.25, -0.2) is 4.39 Å². The molecule has 2 rings (SSSR count). The Labute approximate surface area is 110 Å². The summed E-state index contributed by atoms with van der Waals surface area (Å²) >= 11 is 0. The van der Waals surface area contributed by atoms with E-state index >= 15 is 0 Å². The van der Waals surface area contributed by atoms with Gasteiger partial charge in [-0.1, -0.05) is 5.16 Å². The highest BCUT2D eigenvalue weighted by Crippen LogP contribution is 2.39. The van der Waals surface area contributed by atoms with Gasteiger partial charge in [-0.2, -0.15) is 0 Å². The van der Waals surface area contributed by atoms with Gasteiger partial charge in [0.25, 0.3) is 0 Å². The molecule has 0 saturated carbocycles. The maximum Gasteiger partial charge on any atom is 0.222 e. The van der Waals surface area contributed by atoms with Crippen LogP contribution >= 0.6 is 0 Å². The van der Waals surface area contributed by atoms with E-state index in [1.807, 2.05) is 0 Å². The number of hydrogen-bond acceptors (Lipinski definition) is 5. The summed E-state index contributed by atoms with van der Waals surface area (Å²) in [6, 6.07) is 4.81. The SMILES string of the molecule is COc1cc(C(C)F)c(OC)cc1-c1cc(N)on1.